The Balaban J connectivity index is 2.68. The second-order valence-corrected chi connectivity index (χ2v) is 3.86. The van der Waals surface area contributed by atoms with Gasteiger partial charge in [-0.2, -0.15) is 13.2 Å². The Morgan fingerprint density at radius 1 is 1.24 bits per heavy atom. The van der Waals surface area contributed by atoms with E-state index < -0.39 is 47.1 Å². The molecule has 0 unspecified atom stereocenters. The van der Waals surface area contributed by atoms with Gasteiger partial charge in [-0.3, -0.25) is 0 Å². The molecule has 1 aromatic rings. The van der Waals surface area contributed by atoms with Crippen molar-refractivity contribution in [1.29, 1.82) is 0 Å². The number of alkyl halides is 5. The molecule has 0 amide bonds. The maximum atomic E-state index is 13.2. The van der Waals surface area contributed by atoms with E-state index in [0.717, 1.165) is 0 Å². The normalized spacial score (nSPS) is 22.6. The van der Waals surface area contributed by atoms with Gasteiger partial charge in [0.25, 0.3) is 5.92 Å². The number of aliphatic hydroxyl groups excluding tert-OH is 1. The summed E-state index contributed by atoms with van der Waals surface area (Å²) in [6.07, 6.45) is -8.49. The summed E-state index contributed by atoms with van der Waals surface area (Å²) < 4.78 is 64.0. The average Bonchev–Trinajstić information content (AvgIpc) is 2.39. The van der Waals surface area contributed by atoms with E-state index in [0.29, 0.717) is 12.1 Å². The second-order valence-electron chi connectivity index (χ2n) is 3.86. The van der Waals surface area contributed by atoms with Crippen LogP contribution in [0, 0.1) is 0 Å². The van der Waals surface area contributed by atoms with Gasteiger partial charge in [0.2, 0.25) is 0 Å². The highest BCUT2D eigenvalue weighted by atomic mass is 19.4. The van der Waals surface area contributed by atoms with Gasteiger partial charge in [-0.15, -0.1) is 0 Å². The summed E-state index contributed by atoms with van der Waals surface area (Å²) in [7, 11) is 0. The fourth-order valence-corrected chi connectivity index (χ4v) is 1.94. The molecule has 0 saturated heterocycles. The Morgan fingerprint density at radius 2 is 1.82 bits per heavy atom. The van der Waals surface area contributed by atoms with Gasteiger partial charge in [-0.1, -0.05) is 0 Å². The Kier molecular flexibility index (Phi) is 2.36. The van der Waals surface area contributed by atoms with E-state index in [2.05, 4.69) is 0 Å². The first kappa shape index (κ1) is 12.1. The molecular weight excluding hydrogens is 247 g/mol. The fourth-order valence-electron chi connectivity index (χ4n) is 1.94. The number of aromatic hydroxyl groups is 1. The minimum absolute atomic E-state index is 0.485. The molecule has 0 aromatic heterocycles. The molecule has 0 heterocycles. The maximum Gasteiger partial charge on any atom is 0.416 e. The van der Waals surface area contributed by atoms with Crippen LogP contribution < -0.4 is 0 Å². The van der Waals surface area contributed by atoms with Crippen LogP contribution in [0.5, 0.6) is 5.75 Å². The quantitative estimate of drug-likeness (QED) is 0.699. The van der Waals surface area contributed by atoms with Gasteiger partial charge in [0.05, 0.1) is 5.56 Å². The standard InChI is InChI=1S/C10H7F5O2/c11-9(12)3-4-6(16)2-1-5(10(13,14)15)7(4)8(9)17/h1-2,8,16-17H,3H2/t8-/m0/s1. The lowest BCUT2D eigenvalue weighted by Crippen LogP contribution is -2.23. The first-order chi connectivity index (χ1) is 7.64. The summed E-state index contributed by atoms with van der Waals surface area (Å²) >= 11 is 0. The largest absolute Gasteiger partial charge is 0.508 e. The van der Waals surface area contributed by atoms with E-state index in [4.69, 9.17) is 0 Å². The lowest BCUT2D eigenvalue weighted by molar-refractivity contribution is -0.142. The highest BCUT2D eigenvalue weighted by molar-refractivity contribution is 5.51. The minimum Gasteiger partial charge on any atom is -0.508 e. The molecule has 2 rings (SSSR count). The van der Waals surface area contributed by atoms with Gasteiger partial charge in [-0.25, -0.2) is 8.78 Å². The molecular formula is C10H7F5O2. The molecule has 0 radical (unpaired) electrons. The van der Waals surface area contributed by atoms with E-state index >= 15 is 0 Å². The Labute approximate surface area is 92.3 Å². The first-order valence-corrected chi connectivity index (χ1v) is 4.62. The molecule has 1 aliphatic rings. The predicted octanol–water partition coefficient (Wildman–Crippen LogP) is 2.64. The van der Waals surface area contributed by atoms with Crippen molar-refractivity contribution >= 4 is 0 Å². The summed E-state index contributed by atoms with van der Waals surface area (Å²) in [6, 6.07) is 1.19. The summed E-state index contributed by atoms with van der Waals surface area (Å²) in [6.45, 7) is 0. The molecule has 94 valence electrons. The molecule has 0 saturated carbocycles. The van der Waals surface area contributed by atoms with Crippen LogP contribution in [-0.4, -0.2) is 16.1 Å². The zero-order valence-electron chi connectivity index (χ0n) is 8.22. The van der Waals surface area contributed by atoms with Crippen LogP contribution in [0.2, 0.25) is 0 Å². The molecule has 17 heavy (non-hydrogen) atoms. The minimum atomic E-state index is -4.85. The molecule has 0 spiro atoms. The Hall–Kier alpha value is -1.37. The van der Waals surface area contributed by atoms with Gasteiger partial charge in [0.15, 0.2) is 0 Å². The van der Waals surface area contributed by atoms with Crippen molar-refractivity contribution in [3.05, 3.63) is 28.8 Å². The Morgan fingerprint density at radius 3 is 2.35 bits per heavy atom. The van der Waals surface area contributed by atoms with Crippen molar-refractivity contribution in [2.75, 3.05) is 0 Å². The third-order valence-corrected chi connectivity index (χ3v) is 2.72. The predicted molar refractivity (Wildman–Crippen MR) is 46.7 cm³/mol. The Bertz CT molecular complexity index is 466. The number of phenolic OH excluding ortho intramolecular Hbond substituents is 1. The van der Waals surface area contributed by atoms with E-state index in [-0.39, 0.29) is 0 Å². The molecule has 1 aliphatic carbocycles. The van der Waals surface area contributed by atoms with Crippen LogP contribution in [-0.2, 0) is 12.6 Å². The van der Waals surface area contributed by atoms with Crippen LogP contribution in [0.4, 0.5) is 22.0 Å². The van der Waals surface area contributed by atoms with Crippen molar-refractivity contribution in [3.63, 3.8) is 0 Å². The zero-order chi connectivity index (χ0) is 13.0. The van der Waals surface area contributed by atoms with Gasteiger partial charge in [0, 0.05) is 17.5 Å². The van der Waals surface area contributed by atoms with E-state index in [1.807, 2.05) is 0 Å². The van der Waals surface area contributed by atoms with Crippen LogP contribution in [0.25, 0.3) is 0 Å². The number of hydrogen-bond donors (Lipinski definition) is 2. The van der Waals surface area contributed by atoms with E-state index in [9.17, 15) is 32.2 Å². The molecule has 2 nitrogen and oxygen atoms in total. The van der Waals surface area contributed by atoms with Crippen molar-refractivity contribution in [3.8, 4) is 5.75 Å². The number of fused-ring (bicyclic) bond motifs is 1. The van der Waals surface area contributed by atoms with E-state index in [1.165, 1.54) is 0 Å². The van der Waals surface area contributed by atoms with Crippen molar-refractivity contribution in [1.82, 2.24) is 0 Å². The highest BCUT2D eigenvalue weighted by Gasteiger charge is 2.52. The number of hydrogen-bond acceptors (Lipinski definition) is 2. The smallest absolute Gasteiger partial charge is 0.416 e. The highest BCUT2D eigenvalue weighted by Crippen LogP contribution is 2.50. The summed E-state index contributed by atoms with van der Waals surface area (Å²) in [4.78, 5) is 0. The average molecular weight is 254 g/mol. The molecule has 0 bridgehead atoms. The van der Waals surface area contributed by atoms with Crippen molar-refractivity contribution < 1.29 is 32.2 Å². The summed E-state index contributed by atoms with van der Waals surface area (Å²) in [5.74, 6) is -4.36. The number of aliphatic hydroxyl groups is 1. The molecule has 1 aromatic carbocycles. The lowest BCUT2D eigenvalue weighted by atomic mass is 10.0. The van der Waals surface area contributed by atoms with Crippen LogP contribution in [0.1, 0.15) is 22.8 Å². The van der Waals surface area contributed by atoms with Gasteiger partial charge < -0.3 is 10.2 Å². The monoisotopic (exact) mass is 254 g/mol. The molecule has 0 aliphatic heterocycles. The van der Waals surface area contributed by atoms with Gasteiger partial charge >= 0.3 is 6.18 Å². The first-order valence-electron chi connectivity index (χ1n) is 4.62. The summed E-state index contributed by atoms with van der Waals surface area (Å²) in [5.41, 5.74) is -2.81. The number of halogens is 5. The third kappa shape index (κ3) is 1.74. The fraction of sp³-hybridized carbons (Fsp3) is 0.400. The van der Waals surface area contributed by atoms with Crippen LogP contribution in [0.15, 0.2) is 12.1 Å². The number of phenols is 1. The molecule has 0 fully saturated rings. The van der Waals surface area contributed by atoms with Crippen molar-refractivity contribution in [2.45, 2.75) is 24.6 Å². The number of benzene rings is 1. The summed E-state index contributed by atoms with van der Waals surface area (Å²) in [5, 5.41) is 18.5. The van der Waals surface area contributed by atoms with E-state index in [1.54, 1.807) is 0 Å². The van der Waals surface area contributed by atoms with Crippen LogP contribution >= 0.6 is 0 Å². The third-order valence-electron chi connectivity index (χ3n) is 2.72. The molecule has 2 N–H and O–H groups in total. The van der Waals surface area contributed by atoms with Gasteiger partial charge in [0.1, 0.15) is 11.9 Å². The van der Waals surface area contributed by atoms with Gasteiger partial charge in [-0.05, 0) is 12.1 Å². The molecule has 1 atom stereocenters. The van der Waals surface area contributed by atoms with Crippen molar-refractivity contribution in [2.24, 2.45) is 0 Å². The van der Waals surface area contributed by atoms with Crippen LogP contribution in [0.3, 0.4) is 0 Å². The SMILES string of the molecule is Oc1ccc(C(F)(F)F)c2c1CC(F)(F)[C@H]2O. The zero-order valence-corrected chi connectivity index (χ0v) is 8.22. The maximum absolute atomic E-state index is 13.2. The lowest BCUT2D eigenvalue weighted by Gasteiger charge is -2.17. The number of rotatable bonds is 0. The topological polar surface area (TPSA) is 40.5 Å². The molecule has 7 heteroatoms. The second kappa shape index (κ2) is 3.32.